The average Bonchev–Trinajstić information content (AvgIpc) is 2.78. The van der Waals surface area contributed by atoms with Crippen molar-refractivity contribution in [2.24, 2.45) is 0 Å². The van der Waals surface area contributed by atoms with Crippen molar-refractivity contribution in [2.75, 3.05) is 0 Å². The molecule has 0 N–H and O–H groups in total. The predicted molar refractivity (Wildman–Crippen MR) is 89.5 cm³/mol. The van der Waals surface area contributed by atoms with Crippen molar-refractivity contribution in [1.29, 1.82) is 0 Å². The molecule has 3 nitrogen and oxygen atoms in total. The predicted octanol–water partition coefficient (Wildman–Crippen LogP) is 4.96. The zero-order valence-corrected chi connectivity index (χ0v) is 14.9. The molecular formula is C15H15BrCl2N2O. The third kappa shape index (κ3) is 3.50. The number of Topliss-reactive ketones (excluding diaryl/α,β-unsaturated/α-hetero) is 1. The molecule has 0 radical (unpaired) electrons. The van der Waals surface area contributed by atoms with Gasteiger partial charge in [-0.05, 0) is 47.5 Å². The van der Waals surface area contributed by atoms with Crippen LogP contribution in [-0.4, -0.2) is 15.6 Å². The second-order valence-corrected chi connectivity index (χ2v) is 6.21. The van der Waals surface area contributed by atoms with Crippen molar-refractivity contribution in [3.05, 3.63) is 49.7 Å². The number of carbonyl (C=O) groups excluding carboxylic acids is 1. The molecule has 0 saturated heterocycles. The van der Waals surface area contributed by atoms with E-state index in [-0.39, 0.29) is 12.2 Å². The van der Waals surface area contributed by atoms with E-state index in [4.69, 9.17) is 23.2 Å². The Hall–Kier alpha value is -0.840. The van der Waals surface area contributed by atoms with Gasteiger partial charge in [0.25, 0.3) is 0 Å². The van der Waals surface area contributed by atoms with Gasteiger partial charge in [-0.25, -0.2) is 0 Å². The van der Waals surface area contributed by atoms with Gasteiger partial charge in [0.05, 0.1) is 32.3 Å². The van der Waals surface area contributed by atoms with Crippen LogP contribution in [0, 0.1) is 0 Å². The van der Waals surface area contributed by atoms with Crippen LogP contribution in [0.4, 0.5) is 0 Å². The molecule has 0 amide bonds. The number of rotatable bonds is 5. The molecule has 0 fully saturated rings. The molecule has 6 heteroatoms. The van der Waals surface area contributed by atoms with Gasteiger partial charge in [0, 0.05) is 12.1 Å². The minimum Gasteiger partial charge on any atom is -0.294 e. The minimum absolute atomic E-state index is 0.00785. The van der Waals surface area contributed by atoms with Crippen LogP contribution in [0.15, 0.2) is 22.7 Å². The Morgan fingerprint density at radius 1 is 1.29 bits per heavy atom. The number of ketones is 1. The Kier molecular flexibility index (Phi) is 5.47. The third-order valence-electron chi connectivity index (χ3n) is 3.26. The van der Waals surface area contributed by atoms with Crippen LogP contribution in [0.2, 0.25) is 10.0 Å². The van der Waals surface area contributed by atoms with Gasteiger partial charge >= 0.3 is 0 Å². The van der Waals surface area contributed by atoms with E-state index in [1.54, 1.807) is 18.2 Å². The zero-order chi connectivity index (χ0) is 15.6. The quantitative estimate of drug-likeness (QED) is 0.677. The lowest BCUT2D eigenvalue weighted by molar-refractivity contribution is 0.0990. The monoisotopic (exact) mass is 388 g/mol. The molecule has 0 unspecified atom stereocenters. The SMILES string of the molecule is CCc1nn(CC)c(CC(=O)c2ccc(Cl)c(Cl)c2)c1Br. The maximum atomic E-state index is 12.4. The molecule has 0 aliphatic heterocycles. The summed E-state index contributed by atoms with van der Waals surface area (Å²) in [5.74, 6) is -0.00785. The molecule has 0 atom stereocenters. The van der Waals surface area contributed by atoms with Crippen LogP contribution in [0.25, 0.3) is 0 Å². The molecule has 0 spiro atoms. The molecule has 0 saturated carbocycles. The molecule has 1 aromatic carbocycles. The van der Waals surface area contributed by atoms with Gasteiger partial charge in [-0.1, -0.05) is 30.1 Å². The maximum Gasteiger partial charge on any atom is 0.168 e. The number of nitrogens with zero attached hydrogens (tertiary/aromatic N) is 2. The fraction of sp³-hybridized carbons (Fsp3) is 0.333. The Labute approximate surface area is 142 Å². The van der Waals surface area contributed by atoms with Gasteiger partial charge in [-0.15, -0.1) is 0 Å². The smallest absolute Gasteiger partial charge is 0.168 e. The lowest BCUT2D eigenvalue weighted by Crippen LogP contribution is -2.10. The Morgan fingerprint density at radius 3 is 2.57 bits per heavy atom. The molecule has 1 aromatic heterocycles. The first kappa shape index (κ1) is 16.5. The van der Waals surface area contributed by atoms with E-state index in [2.05, 4.69) is 21.0 Å². The summed E-state index contributed by atoms with van der Waals surface area (Å²) in [7, 11) is 0. The highest BCUT2D eigenvalue weighted by molar-refractivity contribution is 9.10. The molecule has 1 heterocycles. The van der Waals surface area contributed by atoms with Crippen LogP contribution >= 0.6 is 39.1 Å². The topological polar surface area (TPSA) is 34.9 Å². The van der Waals surface area contributed by atoms with Crippen molar-refractivity contribution < 1.29 is 4.79 Å². The number of halogens is 3. The van der Waals surface area contributed by atoms with Gasteiger partial charge in [0.1, 0.15) is 0 Å². The number of hydrogen-bond acceptors (Lipinski definition) is 2. The highest BCUT2D eigenvalue weighted by Crippen LogP contribution is 2.26. The van der Waals surface area contributed by atoms with E-state index in [0.29, 0.717) is 15.6 Å². The first-order valence-electron chi connectivity index (χ1n) is 6.70. The van der Waals surface area contributed by atoms with Crippen LogP contribution in [-0.2, 0) is 19.4 Å². The van der Waals surface area contributed by atoms with Gasteiger partial charge in [0.15, 0.2) is 5.78 Å². The molecule has 2 aromatic rings. The van der Waals surface area contributed by atoms with Crippen molar-refractivity contribution >= 4 is 44.9 Å². The number of benzene rings is 1. The summed E-state index contributed by atoms with van der Waals surface area (Å²) >= 11 is 15.4. The van der Waals surface area contributed by atoms with E-state index >= 15 is 0 Å². The van der Waals surface area contributed by atoms with Gasteiger partial charge < -0.3 is 0 Å². The van der Waals surface area contributed by atoms with E-state index in [1.807, 2.05) is 18.5 Å². The Morgan fingerprint density at radius 2 is 2.00 bits per heavy atom. The van der Waals surface area contributed by atoms with Crippen LogP contribution in [0.5, 0.6) is 0 Å². The maximum absolute atomic E-state index is 12.4. The van der Waals surface area contributed by atoms with Gasteiger partial charge in [-0.2, -0.15) is 5.10 Å². The summed E-state index contributed by atoms with van der Waals surface area (Å²) in [6.45, 7) is 4.77. The molecular weight excluding hydrogens is 375 g/mol. The summed E-state index contributed by atoms with van der Waals surface area (Å²) < 4.78 is 2.78. The third-order valence-corrected chi connectivity index (χ3v) is 4.92. The highest BCUT2D eigenvalue weighted by atomic mass is 79.9. The van der Waals surface area contributed by atoms with E-state index in [1.165, 1.54) is 0 Å². The van der Waals surface area contributed by atoms with Crippen molar-refractivity contribution in [3.63, 3.8) is 0 Å². The Bertz CT molecular complexity index is 683. The van der Waals surface area contributed by atoms with E-state index < -0.39 is 0 Å². The summed E-state index contributed by atoms with van der Waals surface area (Å²) in [6, 6.07) is 4.94. The molecule has 0 aliphatic rings. The zero-order valence-electron chi connectivity index (χ0n) is 11.8. The van der Waals surface area contributed by atoms with Gasteiger partial charge in [0.2, 0.25) is 0 Å². The largest absolute Gasteiger partial charge is 0.294 e. The molecule has 112 valence electrons. The lowest BCUT2D eigenvalue weighted by atomic mass is 10.1. The average molecular weight is 390 g/mol. The molecule has 2 rings (SSSR count). The van der Waals surface area contributed by atoms with Crippen LogP contribution in [0.3, 0.4) is 0 Å². The second kappa shape index (κ2) is 6.95. The van der Waals surface area contributed by atoms with Crippen LogP contribution in [0.1, 0.15) is 35.6 Å². The highest BCUT2D eigenvalue weighted by Gasteiger charge is 2.18. The summed E-state index contributed by atoms with van der Waals surface area (Å²) in [5, 5.41) is 5.33. The lowest BCUT2D eigenvalue weighted by Gasteiger charge is -2.06. The Balaban J connectivity index is 2.31. The first-order valence-corrected chi connectivity index (χ1v) is 8.25. The number of hydrogen-bond donors (Lipinski definition) is 0. The first-order chi connectivity index (χ1) is 9.97. The second-order valence-electron chi connectivity index (χ2n) is 4.61. The summed E-state index contributed by atoms with van der Waals surface area (Å²) in [6.07, 6.45) is 1.10. The van der Waals surface area contributed by atoms with Gasteiger partial charge in [-0.3, -0.25) is 9.48 Å². The number of carbonyl (C=O) groups is 1. The number of aromatic nitrogens is 2. The molecule has 0 aliphatic carbocycles. The summed E-state index contributed by atoms with van der Waals surface area (Å²) in [4.78, 5) is 12.4. The fourth-order valence-electron chi connectivity index (χ4n) is 2.11. The van der Waals surface area contributed by atoms with E-state index in [0.717, 1.165) is 28.8 Å². The summed E-state index contributed by atoms with van der Waals surface area (Å²) in [5.41, 5.74) is 2.41. The molecule has 21 heavy (non-hydrogen) atoms. The van der Waals surface area contributed by atoms with Crippen molar-refractivity contribution in [3.8, 4) is 0 Å². The van der Waals surface area contributed by atoms with Crippen molar-refractivity contribution in [2.45, 2.75) is 33.2 Å². The van der Waals surface area contributed by atoms with Crippen molar-refractivity contribution in [1.82, 2.24) is 9.78 Å². The number of aryl methyl sites for hydroxylation is 2. The normalized spacial score (nSPS) is 10.9. The van der Waals surface area contributed by atoms with Crippen LogP contribution < -0.4 is 0 Å². The molecule has 0 bridgehead atoms. The minimum atomic E-state index is -0.00785. The fourth-order valence-corrected chi connectivity index (χ4v) is 3.11. The standard InChI is InChI=1S/C15H15BrCl2N2O/c1-3-12-15(16)13(20(4-2)19-12)8-14(21)9-5-6-10(17)11(18)7-9/h5-7H,3-4,8H2,1-2H3. The van der Waals surface area contributed by atoms with E-state index in [9.17, 15) is 4.79 Å².